The van der Waals surface area contributed by atoms with Crippen molar-refractivity contribution in [2.24, 2.45) is 0 Å². The van der Waals surface area contributed by atoms with Crippen molar-refractivity contribution in [2.75, 3.05) is 25.1 Å². The number of hydrogen-bond acceptors (Lipinski definition) is 4. The van der Waals surface area contributed by atoms with E-state index in [1.165, 1.54) is 0 Å². The van der Waals surface area contributed by atoms with Crippen molar-refractivity contribution >= 4 is 63.6 Å². The minimum absolute atomic E-state index is 0.0110. The number of aryl methyl sites for hydroxylation is 1. The van der Waals surface area contributed by atoms with Crippen molar-refractivity contribution in [1.29, 1.82) is 0 Å². The first-order valence-electron chi connectivity index (χ1n) is 13.9. The Morgan fingerprint density at radius 3 is 2.23 bits per heavy atom. The summed E-state index contributed by atoms with van der Waals surface area (Å²) in [6, 6.07) is 23.9. The number of pyridine rings is 1. The van der Waals surface area contributed by atoms with Crippen LogP contribution in [0.2, 0.25) is 20.1 Å². The van der Waals surface area contributed by atoms with E-state index in [2.05, 4.69) is 29.2 Å². The van der Waals surface area contributed by atoms with Gasteiger partial charge in [-0.05, 0) is 56.7 Å². The summed E-state index contributed by atoms with van der Waals surface area (Å²) in [7, 11) is 1.60. The van der Waals surface area contributed by atoms with E-state index in [9.17, 15) is 4.79 Å². The summed E-state index contributed by atoms with van der Waals surface area (Å²) in [5, 5.41) is 0.0836. The maximum Gasteiger partial charge on any atom is 0.341 e. The Morgan fingerprint density at radius 2 is 1.56 bits per heavy atom. The zero-order valence-corrected chi connectivity index (χ0v) is 27.0. The lowest BCUT2D eigenvalue weighted by atomic mass is 9.79. The second kappa shape index (κ2) is 11.3. The predicted molar refractivity (Wildman–Crippen MR) is 176 cm³/mol. The summed E-state index contributed by atoms with van der Waals surface area (Å²) in [6.07, 6.45) is 0. The third-order valence-electron chi connectivity index (χ3n) is 8.17. The van der Waals surface area contributed by atoms with Crippen LogP contribution in [0.1, 0.15) is 46.7 Å². The molecule has 6 rings (SSSR count). The highest BCUT2D eigenvalue weighted by Crippen LogP contribution is 2.58. The fourth-order valence-electron chi connectivity index (χ4n) is 6.21. The molecular formula is C34H28Cl4N2O3. The van der Waals surface area contributed by atoms with Crippen molar-refractivity contribution in [3.8, 4) is 16.9 Å². The molecule has 1 unspecified atom stereocenters. The van der Waals surface area contributed by atoms with Gasteiger partial charge >= 0.3 is 5.97 Å². The van der Waals surface area contributed by atoms with Crippen LogP contribution in [0.3, 0.4) is 0 Å². The van der Waals surface area contributed by atoms with Gasteiger partial charge in [-0.2, -0.15) is 0 Å². The molecule has 2 aromatic heterocycles. The normalized spacial score (nSPS) is 16.0. The molecule has 0 radical (unpaired) electrons. The van der Waals surface area contributed by atoms with E-state index >= 15 is 0 Å². The first kappa shape index (κ1) is 29.7. The van der Waals surface area contributed by atoms with Crippen LogP contribution in [0.25, 0.3) is 16.6 Å². The van der Waals surface area contributed by atoms with E-state index in [0.29, 0.717) is 22.6 Å². The number of nitrogens with zero attached hydrogens (tertiary/aromatic N) is 2. The first-order chi connectivity index (χ1) is 20.7. The average molecular weight is 654 g/mol. The largest absolute Gasteiger partial charge is 0.496 e. The van der Waals surface area contributed by atoms with E-state index in [-0.39, 0.29) is 25.7 Å². The lowest BCUT2D eigenvalue weighted by molar-refractivity contribution is 0.0232. The highest BCUT2D eigenvalue weighted by Gasteiger charge is 2.56. The van der Waals surface area contributed by atoms with Gasteiger partial charge in [0.1, 0.15) is 5.75 Å². The van der Waals surface area contributed by atoms with Gasteiger partial charge in [-0.15, -0.1) is 0 Å². The molecule has 0 saturated heterocycles. The molecule has 0 saturated carbocycles. The van der Waals surface area contributed by atoms with Gasteiger partial charge in [-0.1, -0.05) is 82.8 Å². The SMILES string of the molecule is CCN(CC)c1ccc(C2(c3c(-c4ccccc4)cc4cccc(C)n34)OC(=O)c3c(Cl)c(Cl)c(Cl)c(Cl)c32)c(OC)c1. The number of aromatic nitrogens is 1. The van der Waals surface area contributed by atoms with E-state index in [1.54, 1.807) is 7.11 Å². The van der Waals surface area contributed by atoms with Crippen LogP contribution in [-0.2, 0) is 10.3 Å². The Bertz CT molecular complexity index is 1900. The van der Waals surface area contributed by atoms with Crippen molar-refractivity contribution in [2.45, 2.75) is 26.4 Å². The van der Waals surface area contributed by atoms with Crippen LogP contribution in [-0.4, -0.2) is 30.6 Å². The highest BCUT2D eigenvalue weighted by atomic mass is 35.5. The van der Waals surface area contributed by atoms with Crippen molar-refractivity contribution in [1.82, 2.24) is 4.40 Å². The Morgan fingerprint density at radius 1 is 0.860 bits per heavy atom. The molecule has 3 aromatic carbocycles. The zero-order valence-electron chi connectivity index (χ0n) is 24.0. The van der Waals surface area contributed by atoms with Crippen LogP contribution >= 0.6 is 46.4 Å². The van der Waals surface area contributed by atoms with Gasteiger partial charge in [-0.25, -0.2) is 4.79 Å². The second-order valence-corrected chi connectivity index (χ2v) is 11.8. The molecule has 9 heteroatoms. The summed E-state index contributed by atoms with van der Waals surface area (Å²) in [5.41, 5.74) is 4.51. The van der Waals surface area contributed by atoms with Crippen molar-refractivity contribution in [3.05, 3.63) is 121 Å². The number of cyclic esters (lactones) is 1. The number of fused-ring (bicyclic) bond motifs is 2. The summed E-state index contributed by atoms with van der Waals surface area (Å²) in [6.45, 7) is 7.79. The van der Waals surface area contributed by atoms with Gasteiger partial charge in [0.25, 0.3) is 0 Å². The molecule has 220 valence electrons. The molecule has 0 bridgehead atoms. The smallest absolute Gasteiger partial charge is 0.341 e. The summed E-state index contributed by atoms with van der Waals surface area (Å²) in [5.74, 6) is -0.163. The van der Waals surface area contributed by atoms with Crippen LogP contribution < -0.4 is 9.64 Å². The summed E-state index contributed by atoms with van der Waals surface area (Å²) >= 11 is 27.0. The molecule has 0 amide bonds. The van der Waals surface area contributed by atoms with Gasteiger partial charge in [0.2, 0.25) is 5.60 Å². The molecule has 0 N–H and O–H groups in total. The predicted octanol–water partition coefficient (Wildman–Crippen LogP) is 9.85. The number of carbonyl (C=O) groups excluding carboxylic acids is 1. The lowest BCUT2D eigenvalue weighted by Gasteiger charge is -2.34. The monoisotopic (exact) mass is 652 g/mol. The molecule has 1 atom stereocenters. The quantitative estimate of drug-likeness (QED) is 0.0996. The van der Waals surface area contributed by atoms with E-state index in [0.717, 1.165) is 41.1 Å². The van der Waals surface area contributed by atoms with E-state index < -0.39 is 11.6 Å². The molecular weight excluding hydrogens is 626 g/mol. The fraction of sp³-hybridized carbons (Fsp3) is 0.206. The molecule has 0 spiro atoms. The van der Waals surface area contributed by atoms with Gasteiger partial charge in [0.15, 0.2) is 0 Å². The molecule has 0 aliphatic carbocycles. The molecule has 1 aliphatic rings. The molecule has 3 heterocycles. The number of halogens is 4. The number of esters is 1. The summed E-state index contributed by atoms with van der Waals surface area (Å²) in [4.78, 5) is 16.2. The number of methoxy groups -OCH3 is 1. The van der Waals surface area contributed by atoms with Gasteiger partial charge in [-0.3, -0.25) is 0 Å². The zero-order chi connectivity index (χ0) is 30.6. The fourth-order valence-corrected chi connectivity index (χ4v) is 7.28. The van der Waals surface area contributed by atoms with E-state index in [1.807, 2.05) is 73.7 Å². The maximum atomic E-state index is 14.0. The number of anilines is 1. The highest BCUT2D eigenvalue weighted by molar-refractivity contribution is 6.53. The number of carbonyl (C=O) groups is 1. The minimum Gasteiger partial charge on any atom is -0.496 e. The third-order valence-corrected chi connectivity index (χ3v) is 9.97. The number of benzene rings is 3. The molecule has 5 nitrogen and oxygen atoms in total. The minimum atomic E-state index is -1.63. The second-order valence-electron chi connectivity index (χ2n) is 10.3. The lowest BCUT2D eigenvalue weighted by Crippen LogP contribution is -2.33. The Balaban J connectivity index is 1.85. The Hall–Kier alpha value is -3.35. The van der Waals surface area contributed by atoms with Gasteiger partial charge < -0.3 is 18.8 Å². The first-order valence-corrected chi connectivity index (χ1v) is 15.4. The van der Waals surface area contributed by atoms with Crippen molar-refractivity contribution < 1.29 is 14.3 Å². The van der Waals surface area contributed by atoms with Crippen LogP contribution in [0.4, 0.5) is 5.69 Å². The van der Waals surface area contributed by atoms with Gasteiger partial charge in [0, 0.05) is 52.7 Å². The van der Waals surface area contributed by atoms with Gasteiger partial charge in [0.05, 0.1) is 38.5 Å². The van der Waals surface area contributed by atoms with E-state index in [4.69, 9.17) is 55.9 Å². The van der Waals surface area contributed by atoms with Crippen LogP contribution in [0.15, 0.2) is 72.8 Å². The molecule has 43 heavy (non-hydrogen) atoms. The number of ether oxygens (including phenoxy) is 2. The molecule has 0 fully saturated rings. The maximum absolute atomic E-state index is 14.0. The topological polar surface area (TPSA) is 43.2 Å². The summed E-state index contributed by atoms with van der Waals surface area (Å²) < 4.78 is 14.7. The molecule has 5 aromatic rings. The number of hydrogen-bond donors (Lipinski definition) is 0. The van der Waals surface area contributed by atoms with Crippen molar-refractivity contribution in [3.63, 3.8) is 0 Å². The average Bonchev–Trinajstić information content (AvgIpc) is 3.57. The third kappa shape index (κ3) is 4.40. The standard InChI is InChI=1S/C34H28Cl4N2O3/c1-5-39(6-2)21-15-16-24(25(18-21)42-4)34(27-26(33(41)43-34)28(35)30(37)31(38)29(27)36)32-23(20-12-8-7-9-13-20)17-22-14-10-11-19(3)40(22)32/h7-18H,5-6H2,1-4H3. The number of rotatable bonds is 7. The van der Waals surface area contributed by atoms with Crippen LogP contribution in [0, 0.1) is 6.92 Å². The Kier molecular flexibility index (Phi) is 7.80. The van der Waals surface area contributed by atoms with Crippen LogP contribution in [0.5, 0.6) is 5.75 Å². The Labute approximate surface area is 270 Å². The molecule has 1 aliphatic heterocycles.